The molecule has 0 aliphatic carbocycles. The monoisotopic (exact) mass is 265 g/mol. The fourth-order valence-electron chi connectivity index (χ4n) is 1.61. The van der Waals surface area contributed by atoms with Gasteiger partial charge in [-0.25, -0.2) is 0 Å². The fraction of sp³-hybridized carbons (Fsp3) is 0.625. The van der Waals surface area contributed by atoms with Gasteiger partial charge >= 0.3 is 0 Å². The Balaban J connectivity index is 2.41. The highest BCUT2D eigenvalue weighted by atomic mass is 32.2. The van der Waals surface area contributed by atoms with Crippen molar-refractivity contribution in [2.24, 2.45) is 11.8 Å². The summed E-state index contributed by atoms with van der Waals surface area (Å²) in [5.74, 6) is 2.74. The summed E-state index contributed by atoms with van der Waals surface area (Å²) < 4.78 is 0. The lowest BCUT2D eigenvalue weighted by atomic mass is 10.2. The zero-order chi connectivity index (χ0) is 13.4. The second kappa shape index (κ2) is 8.60. The number of thioether (sulfide) groups is 1. The van der Waals surface area contributed by atoms with Gasteiger partial charge in [-0.3, -0.25) is 0 Å². The van der Waals surface area contributed by atoms with Gasteiger partial charge in [-0.1, -0.05) is 46.2 Å². The van der Waals surface area contributed by atoms with Gasteiger partial charge in [0.15, 0.2) is 0 Å². The van der Waals surface area contributed by atoms with Gasteiger partial charge in [-0.05, 0) is 36.1 Å². The predicted octanol–water partition coefficient (Wildman–Crippen LogP) is 4.57. The van der Waals surface area contributed by atoms with Crippen LogP contribution in [0, 0.1) is 11.8 Å². The Morgan fingerprint density at radius 2 is 2.00 bits per heavy atom. The number of benzene rings is 1. The van der Waals surface area contributed by atoms with Crippen molar-refractivity contribution < 1.29 is 0 Å². The summed E-state index contributed by atoms with van der Waals surface area (Å²) in [7, 11) is 0. The largest absolute Gasteiger partial charge is 0.312 e. The molecule has 0 radical (unpaired) electrons. The normalized spacial score (nSPS) is 12.9. The van der Waals surface area contributed by atoms with Crippen LogP contribution in [0.5, 0.6) is 0 Å². The van der Waals surface area contributed by atoms with Crippen molar-refractivity contribution in [2.75, 3.05) is 12.3 Å². The molecule has 1 aromatic rings. The van der Waals surface area contributed by atoms with Crippen LogP contribution in [-0.4, -0.2) is 12.3 Å². The summed E-state index contributed by atoms with van der Waals surface area (Å²) in [5, 5.41) is 3.50. The molecule has 2 heteroatoms. The maximum absolute atomic E-state index is 3.50. The second-order valence-corrected chi connectivity index (χ2v) is 6.59. The molecule has 1 N–H and O–H groups in total. The lowest BCUT2D eigenvalue weighted by Crippen LogP contribution is -2.18. The Morgan fingerprint density at radius 3 is 2.67 bits per heavy atom. The molecule has 0 fully saturated rings. The van der Waals surface area contributed by atoms with E-state index in [1.54, 1.807) is 0 Å². The first-order valence-electron chi connectivity index (χ1n) is 7.04. The maximum Gasteiger partial charge on any atom is 0.0206 e. The van der Waals surface area contributed by atoms with Crippen molar-refractivity contribution in [3.05, 3.63) is 29.8 Å². The molecule has 102 valence electrons. The van der Waals surface area contributed by atoms with Crippen LogP contribution < -0.4 is 5.32 Å². The Hall–Kier alpha value is -0.470. The van der Waals surface area contributed by atoms with E-state index in [-0.39, 0.29) is 0 Å². The van der Waals surface area contributed by atoms with Gasteiger partial charge < -0.3 is 5.32 Å². The van der Waals surface area contributed by atoms with Crippen LogP contribution in [0.4, 0.5) is 0 Å². The van der Waals surface area contributed by atoms with E-state index < -0.39 is 0 Å². The molecule has 18 heavy (non-hydrogen) atoms. The molecule has 0 aliphatic heterocycles. The molecule has 1 unspecified atom stereocenters. The third kappa shape index (κ3) is 6.46. The van der Waals surface area contributed by atoms with E-state index in [0.29, 0.717) is 5.92 Å². The number of rotatable bonds is 8. The molecule has 0 saturated heterocycles. The second-order valence-electron chi connectivity index (χ2n) is 5.50. The SMILES string of the molecule is CCC(C)CSc1cccc(CNCC(C)C)c1. The van der Waals surface area contributed by atoms with Crippen molar-refractivity contribution in [1.29, 1.82) is 0 Å². The van der Waals surface area contributed by atoms with Gasteiger partial charge in [0.2, 0.25) is 0 Å². The standard InChI is InChI=1S/C16H27NS/c1-5-14(4)12-18-16-8-6-7-15(9-16)11-17-10-13(2)3/h6-9,13-14,17H,5,10-12H2,1-4H3. The van der Waals surface area contributed by atoms with E-state index in [9.17, 15) is 0 Å². The van der Waals surface area contributed by atoms with Gasteiger partial charge in [0.05, 0.1) is 0 Å². The van der Waals surface area contributed by atoms with Gasteiger partial charge in [0.1, 0.15) is 0 Å². The van der Waals surface area contributed by atoms with Crippen LogP contribution >= 0.6 is 11.8 Å². The lowest BCUT2D eigenvalue weighted by Gasteiger charge is -2.10. The van der Waals surface area contributed by atoms with Crippen LogP contribution in [0.1, 0.15) is 39.7 Å². The van der Waals surface area contributed by atoms with Crippen LogP contribution in [0.25, 0.3) is 0 Å². The molecule has 0 heterocycles. The molecular formula is C16H27NS. The van der Waals surface area contributed by atoms with Crippen LogP contribution in [0.2, 0.25) is 0 Å². The highest BCUT2D eigenvalue weighted by Crippen LogP contribution is 2.22. The Labute approximate surface area is 117 Å². The molecule has 1 nitrogen and oxygen atoms in total. The summed E-state index contributed by atoms with van der Waals surface area (Å²) in [5.41, 5.74) is 1.39. The van der Waals surface area contributed by atoms with Gasteiger partial charge in [0, 0.05) is 17.2 Å². The zero-order valence-electron chi connectivity index (χ0n) is 12.2. The number of hydrogen-bond donors (Lipinski definition) is 1. The quantitative estimate of drug-likeness (QED) is 0.691. The first-order valence-corrected chi connectivity index (χ1v) is 8.02. The minimum Gasteiger partial charge on any atom is -0.312 e. The smallest absolute Gasteiger partial charge is 0.0206 e. The Kier molecular flexibility index (Phi) is 7.45. The first kappa shape index (κ1) is 15.6. The average Bonchev–Trinajstić information content (AvgIpc) is 2.36. The fourth-order valence-corrected chi connectivity index (χ4v) is 2.73. The number of hydrogen-bond acceptors (Lipinski definition) is 2. The van der Waals surface area contributed by atoms with E-state index in [4.69, 9.17) is 0 Å². The van der Waals surface area contributed by atoms with Crippen molar-refractivity contribution in [1.82, 2.24) is 5.32 Å². The van der Waals surface area contributed by atoms with Crippen LogP contribution in [-0.2, 0) is 6.54 Å². The van der Waals surface area contributed by atoms with Crippen molar-refractivity contribution in [3.63, 3.8) is 0 Å². The van der Waals surface area contributed by atoms with E-state index in [2.05, 4.69) is 57.3 Å². The highest BCUT2D eigenvalue weighted by Gasteiger charge is 2.02. The molecule has 0 bridgehead atoms. The highest BCUT2D eigenvalue weighted by molar-refractivity contribution is 7.99. The molecule has 0 spiro atoms. The first-order chi connectivity index (χ1) is 8.61. The minimum absolute atomic E-state index is 0.716. The Bertz CT molecular complexity index is 336. The molecule has 1 atom stereocenters. The third-order valence-corrected chi connectivity index (χ3v) is 4.33. The molecule has 0 aliphatic rings. The van der Waals surface area contributed by atoms with E-state index >= 15 is 0 Å². The third-order valence-electron chi connectivity index (χ3n) is 3.01. The Morgan fingerprint density at radius 1 is 1.22 bits per heavy atom. The maximum atomic E-state index is 3.50. The minimum atomic E-state index is 0.716. The topological polar surface area (TPSA) is 12.0 Å². The average molecular weight is 265 g/mol. The van der Waals surface area contributed by atoms with E-state index in [1.165, 1.54) is 22.6 Å². The molecule has 1 rings (SSSR count). The summed E-state index contributed by atoms with van der Waals surface area (Å²) in [4.78, 5) is 1.40. The van der Waals surface area contributed by atoms with Crippen molar-refractivity contribution in [3.8, 4) is 0 Å². The summed E-state index contributed by atoms with van der Waals surface area (Å²) in [6.07, 6.45) is 1.27. The molecule has 1 aromatic carbocycles. The summed E-state index contributed by atoms with van der Waals surface area (Å²) in [6, 6.07) is 8.92. The van der Waals surface area contributed by atoms with E-state index in [1.807, 2.05) is 11.8 Å². The van der Waals surface area contributed by atoms with Crippen LogP contribution in [0.3, 0.4) is 0 Å². The van der Waals surface area contributed by atoms with Gasteiger partial charge in [0.25, 0.3) is 0 Å². The molecule has 0 saturated carbocycles. The van der Waals surface area contributed by atoms with E-state index in [0.717, 1.165) is 19.0 Å². The lowest BCUT2D eigenvalue weighted by molar-refractivity contribution is 0.552. The molecule has 0 aromatic heterocycles. The molecular weight excluding hydrogens is 238 g/mol. The van der Waals surface area contributed by atoms with Crippen LogP contribution in [0.15, 0.2) is 29.2 Å². The summed E-state index contributed by atoms with van der Waals surface area (Å²) >= 11 is 1.98. The predicted molar refractivity (Wildman–Crippen MR) is 83.2 cm³/mol. The van der Waals surface area contributed by atoms with Gasteiger partial charge in [-0.2, -0.15) is 0 Å². The summed E-state index contributed by atoms with van der Waals surface area (Å²) in [6.45, 7) is 11.1. The zero-order valence-corrected chi connectivity index (χ0v) is 13.0. The molecule has 0 amide bonds. The van der Waals surface area contributed by atoms with Crippen molar-refractivity contribution in [2.45, 2.75) is 45.6 Å². The van der Waals surface area contributed by atoms with Crippen molar-refractivity contribution >= 4 is 11.8 Å². The number of nitrogens with one attached hydrogen (secondary N) is 1. The van der Waals surface area contributed by atoms with Gasteiger partial charge in [-0.15, -0.1) is 11.8 Å².